The summed E-state index contributed by atoms with van der Waals surface area (Å²) in [5.41, 5.74) is -0.122. The Hall–Kier alpha value is -3.63. The first-order valence-corrected chi connectivity index (χ1v) is 11.6. The number of sulfonamides is 1. The van der Waals surface area contributed by atoms with Gasteiger partial charge in [0.25, 0.3) is 10.0 Å². The number of benzene rings is 3. The van der Waals surface area contributed by atoms with E-state index in [1.54, 1.807) is 0 Å². The third-order valence-electron chi connectivity index (χ3n) is 4.71. The molecule has 3 aromatic rings. The largest absolute Gasteiger partial charge is 0.497 e. The number of amides is 1. The molecule has 0 fully saturated rings. The summed E-state index contributed by atoms with van der Waals surface area (Å²) in [7, 11) is -1.73. The highest BCUT2D eigenvalue weighted by atomic mass is 35.5. The molecule has 0 aliphatic heterocycles. The second kappa shape index (κ2) is 10.5. The van der Waals surface area contributed by atoms with Crippen LogP contribution in [0.4, 0.5) is 15.8 Å². The van der Waals surface area contributed by atoms with Gasteiger partial charge in [-0.15, -0.1) is 0 Å². The number of nitrogens with zero attached hydrogens (tertiary/aromatic N) is 1. The average molecular weight is 507 g/mol. The maximum absolute atomic E-state index is 14.6. The molecule has 1 amide bonds. The molecule has 3 rings (SSSR count). The highest BCUT2D eigenvalue weighted by Gasteiger charge is 2.29. The van der Waals surface area contributed by atoms with Crippen molar-refractivity contribution in [3.05, 3.63) is 83.1 Å². The Morgan fingerprint density at radius 1 is 1.03 bits per heavy atom. The van der Waals surface area contributed by atoms with Gasteiger partial charge >= 0.3 is 5.97 Å². The highest BCUT2D eigenvalue weighted by molar-refractivity contribution is 7.92. The van der Waals surface area contributed by atoms with Crippen molar-refractivity contribution < 1.29 is 31.9 Å². The van der Waals surface area contributed by atoms with Crippen molar-refractivity contribution in [1.82, 2.24) is 0 Å². The van der Waals surface area contributed by atoms with Crippen molar-refractivity contribution in [1.29, 1.82) is 0 Å². The number of carbonyl (C=O) groups excluding carboxylic acids is 2. The number of anilines is 2. The van der Waals surface area contributed by atoms with Crippen LogP contribution in [-0.2, 0) is 19.6 Å². The zero-order valence-electron chi connectivity index (χ0n) is 18.1. The van der Waals surface area contributed by atoms with Crippen LogP contribution in [0.15, 0.2) is 71.6 Å². The van der Waals surface area contributed by atoms with E-state index in [-0.39, 0.29) is 26.9 Å². The normalized spacial score (nSPS) is 10.9. The molecular weight excluding hydrogens is 487 g/mol. The molecule has 0 aliphatic carbocycles. The fourth-order valence-corrected chi connectivity index (χ4v) is 4.65. The van der Waals surface area contributed by atoms with Gasteiger partial charge in [-0.05, 0) is 54.6 Å². The number of hydrogen-bond donors (Lipinski definition) is 1. The van der Waals surface area contributed by atoms with Crippen molar-refractivity contribution in [2.24, 2.45) is 0 Å². The van der Waals surface area contributed by atoms with Crippen molar-refractivity contribution in [2.45, 2.75) is 4.90 Å². The Morgan fingerprint density at radius 2 is 1.71 bits per heavy atom. The lowest BCUT2D eigenvalue weighted by Gasteiger charge is -2.24. The molecule has 0 atom stereocenters. The number of para-hydroxylation sites is 1. The standard InChI is InChI=1S/C23H20ClFN2O6S/c1-32-16-8-10-17(11-9-16)34(30,31)27(21-6-4-3-5-20(21)25)14-22(28)26-15-7-12-19(24)18(13-15)23(29)33-2/h3-13H,14H2,1-2H3,(H,26,28). The minimum Gasteiger partial charge on any atom is -0.497 e. The summed E-state index contributed by atoms with van der Waals surface area (Å²) < 4.78 is 51.7. The lowest BCUT2D eigenvalue weighted by molar-refractivity contribution is -0.114. The number of rotatable bonds is 8. The van der Waals surface area contributed by atoms with Crippen LogP contribution < -0.4 is 14.4 Å². The zero-order chi connectivity index (χ0) is 24.9. The number of nitrogens with one attached hydrogen (secondary N) is 1. The Labute approximate surface area is 200 Å². The van der Waals surface area contributed by atoms with Crippen LogP contribution in [0, 0.1) is 5.82 Å². The molecule has 1 N–H and O–H groups in total. The predicted octanol–water partition coefficient (Wildman–Crippen LogP) is 4.11. The van der Waals surface area contributed by atoms with Gasteiger partial charge in [0.2, 0.25) is 5.91 Å². The van der Waals surface area contributed by atoms with Gasteiger partial charge in [-0.3, -0.25) is 9.10 Å². The summed E-state index contributed by atoms with van der Waals surface area (Å²) in [4.78, 5) is 24.5. The predicted molar refractivity (Wildman–Crippen MR) is 125 cm³/mol. The molecular formula is C23H20ClFN2O6S. The van der Waals surface area contributed by atoms with E-state index in [0.717, 1.165) is 6.07 Å². The van der Waals surface area contributed by atoms with Gasteiger partial charge in [0.15, 0.2) is 0 Å². The Kier molecular flexibility index (Phi) is 7.75. The topological polar surface area (TPSA) is 102 Å². The van der Waals surface area contributed by atoms with E-state index in [4.69, 9.17) is 16.3 Å². The number of halogens is 2. The fraction of sp³-hybridized carbons (Fsp3) is 0.130. The zero-order valence-corrected chi connectivity index (χ0v) is 19.7. The van der Waals surface area contributed by atoms with Gasteiger partial charge in [0, 0.05) is 5.69 Å². The second-order valence-electron chi connectivity index (χ2n) is 6.87. The Balaban J connectivity index is 1.94. The molecule has 0 saturated heterocycles. The molecule has 178 valence electrons. The quantitative estimate of drug-likeness (QED) is 0.461. The number of esters is 1. The first kappa shape index (κ1) is 25.0. The van der Waals surface area contributed by atoms with E-state index >= 15 is 0 Å². The number of methoxy groups -OCH3 is 2. The molecule has 8 nitrogen and oxygen atoms in total. The van der Waals surface area contributed by atoms with E-state index in [1.165, 1.54) is 74.9 Å². The first-order chi connectivity index (χ1) is 16.2. The Bertz CT molecular complexity index is 1320. The van der Waals surface area contributed by atoms with Crippen molar-refractivity contribution >= 4 is 44.9 Å². The van der Waals surface area contributed by atoms with Crippen LogP contribution >= 0.6 is 11.6 Å². The van der Waals surface area contributed by atoms with Crippen molar-refractivity contribution in [3.63, 3.8) is 0 Å². The average Bonchev–Trinajstić information content (AvgIpc) is 2.83. The lowest BCUT2D eigenvalue weighted by Crippen LogP contribution is -2.38. The summed E-state index contributed by atoms with van der Waals surface area (Å²) in [5.74, 6) is -1.89. The van der Waals surface area contributed by atoms with Gasteiger partial charge < -0.3 is 14.8 Å². The van der Waals surface area contributed by atoms with Crippen molar-refractivity contribution in [3.8, 4) is 5.75 Å². The molecule has 11 heteroatoms. The van der Waals surface area contributed by atoms with Crippen LogP contribution in [-0.4, -0.2) is 41.1 Å². The number of hydrogen-bond acceptors (Lipinski definition) is 6. The molecule has 0 radical (unpaired) electrons. The van der Waals surface area contributed by atoms with Crippen molar-refractivity contribution in [2.75, 3.05) is 30.4 Å². The minimum absolute atomic E-state index is 0.0128. The summed E-state index contributed by atoms with van der Waals surface area (Å²) in [6.07, 6.45) is 0. The maximum atomic E-state index is 14.6. The SMILES string of the molecule is COC(=O)c1cc(NC(=O)CN(c2ccccc2F)S(=O)(=O)c2ccc(OC)cc2)ccc1Cl. The van der Waals surface area contributed by atoms with E-state index in [1.807, 2.05) is 0 Å². The van der Waals surface area contributed by atoms with Gasteiger partial charge in [-0.1, -0.05) is 23.7 Å². The third kappa shape index (κ3) is 5.46. The second-order valence-corrected chi connectivity index (χ2v) is 9.14. The monoisotopic (exact) mass is 506 g/mol. The number of ether oxygens (including phenoxy) is 2. The summed E-state index contributed by atoms with van der Waals surface area (Å²) in [6, 6.07) is 14.8. The van der Waals surface area contributed by atoms with Crippen LogP contribution in [0.5, 0.6) is 5.75 Å². The van der Waals surface area contributed by atoms with E-state index < -0.39 is 34.3 Å². The molecule has 0 heterocycles. The maximum Gasteiger partial charge on any atom is 0.339 e. The third-order valence-corrected chi connectivity index (χ3v) is 6.81. The molecule has 0 spiro atoms. The van der Waals surface area contributed by atoms with Gasteiger partial charge in [0.05, 0.1) is 35.4 Å². The van der Waals surface area contributed by atoms with Gasteiger partial charge in [-0.25, -0.2) is 17.6 Å². The van der Waals surface area contributed by atoms with Crippen LogP contribution in [0.1, 0.15) is 10.4 Å². The molecule has 3 aromatic carbocycles. The highest BCUT2D eigenvalue weighted by Crippen LogP contribution is 2.28. The fourth-order valence-electron chi connectivity index (χ4n) is 3.03. The summed E-state index contributed by atoms with van der Waals surface area (Å²) >= 11 is 5.99. The summed E-state index contributed by atoms with van der Waals surface area (Å²) in [6.45, 7) is -0.745. The first-order valence-electron chi connectivity index (χ1n) is 9.76. The smallest absolute Gasteiger partial charge is 0.339 e. The van der Waals surface area contributed by atoms with E-state index in [9.17, 15) is 22.4 Å². The molecule has 0 aromatic heterocycles. The van der Waals surface area contributed by atoms with Crippen LogP contribution in [0.2, 0.25) is 5.02 Å². The lowest BCUT2D eigenvalue weighted by atomic mass is 10.2. The molecule has 0 aliphatic rings. The van der Waals surface area contributed by atoms with Gasteiger partial charge in [-0.2, -0.15) is 0 Å². The van der Waals surface area contributed by atoms with E-state index in [2.05, 4.69) is 10.1 Å². The van der Waals surface area contributed by atoms with Crippen LogP contribution in [0.3, 0.4) is 0 Å². The molecule has 34 heavy (non-hydrogen) atoms. The van der Waals surface area contributed by atoms with E-state index in [0.29, 0.717) is 10.1 Å². The minimum atomic E-state index is -4.34. The molecule has 0 unspecified atom stereocenters. The Morgan fingerprint density at radius 3 is 2.32 bits per heavy atom. The number of carbonyl (C=O) groups is 2. The molecule has 0 saturated carbocycles. The summed E-state index contributed by atoms with van der Waals surface area (Å²) in [5, 5.41) is 2.61. The molecule has 0 bridgehead atoms. The van der Waals surface area contributed by atoms with Crippen LogP contribution in [0.25, 0.3) is 0 Å². The van der Waals surface area contributed by atoms with Gasteiger partial charge in [0.1, 0.15) is 18.1 Å².